The molecule has 4 N–H and O–H groups in total. The second-order valence-electron chi connectivity index (χ2n) is 3.10. The molecule has 0 aliphatic carbocycles. The van der Waals surface area contributed by atoms with Crippen molar-refractivity contribution in [2.24, 2.45) is 5.84 Å². The highest BCUT2D eigenvalue weighted by atomic mass is 32.1. The van der Waals surface area contributed by atoms with E-state index < -0.39 is 0 Å². The number of hydrazine groups is 1. The largest absolute Gasteiger partial charge is 0.331 e. The molecule has 5 nitrogen and oxygen atoms in total. The summed E-state index contributed by atoms with van der Waals surface area (Å²) in [6, 6.07) is 7.59. The van der Waals surface area contributed by atoms with Gasteiger partial charge in [-0.1, -0.05) is 12.1 Å². The van der Waals surface area contributed by atoms with E-state index in [4.69, 9.17) is 18.1 Å². The van der Waals surface area contributed by atoms with Crippen molar-refractivity contribution in [3.8, 4) is 0 Å². The van der Waals surface area contributed by atoms with Crippen LogP contribution in [-0.4, -0.2) is 15.5 Å². The molecule has 1 aromatic heterocycles. The van der Waals surface area contributed by atoms with Gasteiger partial charge in [-0.25, -0.2) is 5.84 Å². The predicted molar refractivity (Wildman–Crippen MR) is 59.5 cm³/mol. The number of rotatable bonds is 2. The first-order chi connectivity index (χ1) is 7.22. The molecule has 0 spiro atoms. The van der Waals surface area contributed by atoms with Crippen LogP contribution in [0.15, 0.2) is 24.3 Å². The number of amides is 1. The van der Waals surface area contributed by atoms with E-state index >= 15 is 0 Å². The molecule has 15 heavy (non-hydrogen) atoms. The summed E-state index contributed by atoms with van der Waals surface area (Å²) in [5.41, 5.74) is 3.88. The van der Waals surface area contributed by atoms with E-state index in [1.54, 1.807) is 4.57 Å². The van der Waals surface area contributed by atoms with Gasteiger partial charge >= 0.3 is 0 Å². The number of carbonyl (C=O) groups is 1. The number of nitrogens with one attached hydrogen (secondary N) is 2. The lowest BCUT2D eigenvalue weighted by Gasteiger charge is -2.02. The minimum absolute atomic E-state index is 0.124. The third-order valence-corrected chi connectivity index (χ3v) is 2.47. The van der Waals surface area contributed by atoms with E-state index in [9.17, 15) is 4.79 Å². The lowest BCUT2D eigenvalue weighted by atomic mass is 10.3. The quantitative estimate of drug-likeness (QED) is 0.303. The smallest absolute Gasteiger partial charge is 0.253 e. The second-order valence-corrected chi connectivity index (χ2v) is 3.49. The Bertz CT molecular complexity index is 556. The number of nitrogens with two attached hydrogens (primary N) is 1. The molecule has 2 rings (SSSR count). The molecule has 0 bridgehead atoms. The fourth-order valence-electron chi connectivity index (χ4n) is 1.45. The summed E-state index contributed by atoms with van der Waals surface area (Å²) in [6.07, 6.45) is 0. The normalized spacial score (nSPS) is 10.5. The van der Waals surface area contributed by atoms with Crippen LogP contribution in [0, 0.1) is 4.77 Å². The molecule has 0 aliphatic heterocycles. The van der Waals surface area contributed by atoms with Gasteiger partial charge in [-0.2, -0.15) is 0 Å². The number of benzene rings is 1. The molecule has 78 valence electrons. The monoisotopic (exact) mass is 222 g/mol. The summed E-state index contributed by atoms with van der Waals surface area (Å²) >= 11 is 5.11. The zero-order chi connectivity index (χ0) is 10.8. The van der Waals surface area contributed by atoms with Gasteiger partial charge in [0.05, 0.1) is 11.0 Å². The molecule has 0 saturated carbocycles. The fourth-order valence-corrected chi connectivity index (χ4v) is 1.73. The Labute approximate surface area is 90.9 Å². The molecular weight excluding hydrogens is 212 g/mol. The summed E-state index contributed by atoms with van der Waals surface area (Å²) in [7, 11) is 0. The van der Waals surface area contributed by atoms with Crippen LogP contribution in [0.3, 0.4) is 0 Å². The van der Waals surface area contributed by atoms with Crippen LogP contribution in [0.5, 0.6) is 0 Å². The maximum atomic E-state index is 11.2. The van der Waals surface area contributed by atoms with Gasteiger partial charge in [-0.15, -0.1) is 0 Å². The molecule has 0 aliphatic rings. The number of carbonyl (C=O) groups excluding carboxylic acids is 1. The summed E-state index contributed by atoms with van der Waals surface area (Å²) in [5.74, 6) is 4.74. The average molecular weight is 222 g/mol. The van der Waals surface area contributed by atoms with Crippen LogP contribution in [0.4, 0.5) is 0 Å². The van der Waals surface area contributed by atoms with Crippen molar-refractivity contribution in [1.82, 2.24) is 15.0 Å². The third-order valence-electron chi connectivity index (χ3n) is 2.14. The first kappa shape index (κ1) is 9.88. The number of hydrogen-bond acceptors (Lipinski definition) is 3. The van der Waals surface area contributed by atoms with Crippen LogP contribution < -0.4 is 11.3 Å². The van der Waals surface area contributed by atoms with E-state index in [2.05, 4.69) is 10.4 Å². The number of hydrogen-bond donors (Lipinski definition) is 3. The van der Waals surface area contributed by atoms with Gasteiger partial charge in [0.1, 0.15) is 6.54 Å². The molecule has 2 aromatic rings. The maximum absolute atomic E-state index is 11.2. The Balaban J connectivity index is 2.54. The van der Waals surface area contributed by atoms with Gasteiger partial charge in [0.25, 0.3) is 5.91 Å². The van der Waals surface area contributed by atoms with Crippen molar-refractivity contribution in [3.63, 3.8) is 0 Å². The highest BCUT2D eigenvalue weighted by Gasteiger charge is 2.06. The Morgan fingerprint density at radius 3 is 3.00 bits per heavy atom. The van der Waals surface area contributed by atoms with Crippen molar-refractivity contribution in [2.45, 2.75) is 6.54 Å². The second kappa shape index (κ2) is 3.84. The average Bonchev–Trinajstić information content (AvgIpc) is 2.55. The Hall–Kier alpha value is -1.66. The number of aromatic amines is 1. The summed E-state index contributed by atoms with van der Waals surface area (Å²) in [6.45, 7) is 0.124. The summed E-state index contributed by atoms with van der Waals surface area (Å²) < 4.78 is 2.21. The van der Waals surface area contributed by atoms with Crippen molar-refractivity contribution in [2.75, 3.05) is 0 Å². The van der Waals surface area contributed by atoms with E-state index in [1.807, 2.05) is 24.3 Å². The number of aromatic nitrogens is 2. The topological polar surface area (TPSA) is 75.8 Å². The van der Waals surface area contributed by atoms with Crippen LogP contribution in [0.1, 0.15) is 0 Å². The van der Waals surface area contributed by atoms with E-state index in [1.165, 1.54) is 0 Å². The molecule has 0 atom stereocenters. The first-order valence-corrected chi connectivity index (χ1v) is 4.80. The van der Waals surface area contributed by atoms with Crippen LogP contribution >= 0.6 is 12.2 Å². The van der Waals surface area contributed by atoms with Gasteiger partial charge in [0, 0.05) is 0 Å². The van der Waals surface area contributed by atoms with Gasteiger partial charge in [-0.3, -0.25) is 10.2 Å². The van der Waals surface area contributed by atoms with Crippen molar-refractivity contribution < 1.29 is 4.79 Å². The molecular formula is C9H10N4OS. The minimum Gasteiger partial charge on any atom is -0.331 e. The van der Waals surface area contributed by atoms with Crippen LogP contribution in [0.2, 0.25) is 0 Å². The standard InChI is InChI=1S/C9H10N4OS/c10-12-8(14)5-13-7-4-2-1-3-6(7)11-9(13)15/h1-4H,5,10H2,(H,11,15)(H,12,14). The Kier molecular flexibility index (Phi) is 2.53. The van der Waals surface area contributed by atoms with Crippen LogP contribution in [-0.2, 0) is 11.3 Å². The number of fused-ring (bicyclic) bond motifs is 1. The SMILES string of the molecule is NNC(=O)Cn1c(=S)[nH]c2ccccc21. The van der Waals surface area contributed by atoms with Gasteiger partial charge in [0.15, 0.2) is 4.77 Å². The highest BCUT2D eigenvalue weighted by Crippen LogP contribution is 2.12. The summed E-state index contributed by atoms with van der Waals surface area (Å²) in [4.78, 5) is 14.2. The molecule has 0 radical (unpaired) electrons. The molecule has 0 fully saturated rings. The van der Waals surface area contributed by atoms with Crippen LogP contribution in [0.25, 0.3) is 11.0 Å². The number of imidazole rings is 1. The van der Waals surface area contributed by atoms with Gasteiger partial charge in [-0.05, 0) is 24.4 Å². The van der Waals surface area contributed by atoms with Crippen molar-refractivity contribution >= 4 is 29.2 Å². The zero-order valence-corrected chi connectivity index (χ0v) is 8.67. The first-order valence-electron chi connectivity index (χ1n) is 4.39. The van der Waals surface area contributed by atoms with Crippen molar-refractivity contribution in [1.29, 1.82) is 0 Å². The van der Waals surface area contributed by atoms with Crippen molar-refractivity contribution in [3.05, 3.63) is 29.0 Å². The molecule has 0 saturated heterocycles. The molecule has 1 amide bonds. The number of para-hydroxylation sites is 2. The van der Waals surface area contributed by atoms with Gasteiger partial charge < -0.3 is 9.55 Å². The molecule has 0 unspecified atom stereocenters. The highest BCUT2D eigenvalue weighted by molar-refractivity contribution is 7.71. The fraction of sp³-hybridized carbons (Fsp3) is 0.111. The van der Waals surface area contributed by atoms with E-state index in [0.29, 0.717) is 4.77 Å². The summed E-state index contributed by atoms with van der Waals surface area (Å²) in [5, 5.41) is 0. The number of H-pyrrole nitrogens is 1. The lowest BCUT2D eigenvalue weighted by molar-refractivity contribution is -0.121. The van der Waals surface area contributed by atoms with E-state index in [-0.39, 0.29) is 12.5 Å². The minimum atomic E-state index is -0.282. The molecule has 1 aromatic carbocycles. The predicted octanol–water partition coefficient (Wildman–Crippen LogP) is 0.689. The zero-order valence-electron chi connectivity index (χ0n) is 7.86. The third kappa shape index (κ3) is 1.77. The lowest BCUT2D eigenvalue weighted by Crippen LogP contribution is -2.33. The Morgan fingerprint density at radius 1 is 1.53 bits per heavy atom. The van der Waals surface area contributed by atoms with Gasteiger partial charge in [0.2, 0.25) is 0 Å². The maximum Gasteiger partial charge on any atom is 0.253 e. The molecule has 1 heterocycles. The molecule has 6 heteroatoms. The Morgan fingerprint density at radius 2 is 2.27 bits per heavy atom. The number of nitrogens with zero attached hydrogens (tertiary/aromatic N) is 1. The van der Waals surface area contributed by atoms with E-state index in [0.717, 1.165) is 11.0 Å².